The second-order valence-corrected chi connectivity index (χ2v) is 23.1. The molecule has 0 aromatic carbocycles. The Bertz CT molecular complexity index is 2510. The van der Waals surface area contributed by atoms with E-state index in [1.54, 1.807) is 39.8 Å². The fraction of sp³-hybridized carbons (Fsp3) is 0.541. The van der Waals surface area contributed by atoms with Crippen molar-refractivity contribution < 1.29 is 43.3 Å². The third kappa shape index (κ3) is 10.8. The van der Waals surface area contributed by atoms with Crippen molar-refractivity contribution in [3.63, 3.8) is 0 Å². The van der Waals surface area contributed by atoms with Crippen molar-refractivity contribution in [1.29, 1.82) is 0 Å². The quantitative estimate of drug-likeness (QED) is 0.100. The summed E-state index contributed by atoms with van der Waals surface area (Å²) in [7, 11) is 0. The van der Waals surface area contributed by atoms with Gasteiger partial charge in [0, 0.05) is 28.9 Å². The van der Waals surface area contributed by atoms with Crippen molar-refractivity contribution in [2.75, 3.05) is 6.61 Å². The van der Waals surface area contributed by atoms with Crippen LogP contribution < -0.4 is 0 Å². The monoisotopic (exact) mass is 959 g/mol. The number of ether oxygens (including phenoxy) is 2. The third-order valence-electron chi connectivity index (χ3n) is 17.1. The van der Waals surface area contributed by atoms with Crippen LogP contribution in [0.1, 0.15) is 147 Å². The fourth-order valence-electron chi connectivity index (χ4n) is 13.0. The summed E-state index contributed by atoms with van der Waals surface area (Å²) in [6.45, 7) is 23.5. The predicted molar refractivity (Wildman–Crippen MR) is 277 cm³/mol. The Hall–Kier alpha value is -4.99. The molecule has 3 saturated carbocycles. The van der Waals surface area contributed by atoms with E-state index in [9.17, 15) is 29.4 Å². The minimum atomic E-state index is -2.47. The molecule has 378 valence electrons. The molecule has 6 rings (SSSR count). The van der Waals surface area contributed by atoms with Crippen LogP contribution in [-0.4, -0.2) is 63.8 Å². The normalized spacial score (nSPS) is 33.8. The summed E-state index contributed by atoms with van der Waals surface area (Å²) in [5.74, 6) is -4.41. The highest BCUT2D eigenvalue weighted by Crippen LogP contribution is 2.70. The molecule has 8 atom stereocenters. The molecule has 0 unspecified atom stereocenters. The molecule has 0 bridgehead atoms. The Kier molecular flexibility index (Phi) is 16.3. The van der Waals surface area contributed by atoms with Gasteiger partial charge in [-0.15, -0.1) is 0 Å². The van der Waals surface area contributed by atoms with Crippen LogP contribution in [0.2, 0.25) is 0 Å². The highest BCUT2D eigenvalue weighted by Gasteiger charge is 2.77. The van der Waals surface area contributed by atoms with Crippen LogP contribution in [0.5, 0.6) is 0 Å². The molecule has 0 aromatic heterocycles. The van der Waals surface area contributed by atoms with E-state index in [4.69, 9.17) is 9.47 Å². The third-order valence-corrected chi connectivity index (χ3v) is 17.1. The first-order valence-electron chi connectivity index (χ1n) is 25.5. The van der Waals surface area contributed by atoms with Crippen LogP contribution in [0.4, 0.5) is 4.39 Å². The zero-order valence-electron chi connectivity index (χ0n) is 44.0. The molecular weight excluding hydrogens is 880 g/mol. The van der Waals surface area contributed by atoms with E-state index in [0.717, 1.165) is 36.8 Å². The molecule has 2 N–H and O–H groups in total. The maximum absolute atomic E-state index is 18.1. The summed E-state index contributed by atoms with van der Waals surface area (Å²) in [4.78, 5) is 54.0. The van der Waals surface area contributed by atoms with Crippen molar-refractivity contribution >= 4 is 23.5 Å². The van der Waals surface area contributed by atoms with Crippen LogP contribution in [-0.2, 0) is 28.7 Å². The first-order chi connectivity index (χ1) is 32.7. The van der Waals surface area contributed by atoms with Gasteiger partial charge in [0.2, 0.25) is 5.78 Å². The lowest BCUT2D eigenvalue weighted by Gasteiger charge is -2.62. The molecule has 3 fully saturated rings. The van der Waals surface area contributed by atoms with Crippen LogP contribution in [0, 0.1) is 33.5 Å². The number of hydrogen-bond donors (Lipinski definition) is 2. The molecule has 0 aromatic rings. The number of ketones is 2. The summed E-state index contributed by atoms with van der Waals surface area (Å²) in [5.41, 5.74) is 2.05. The molecule has 0 saturated heterocycles. The van der Waals surface area contributed by atoms with Gasteiger partial charge in [0.25, 0.3) is 0 Å². The van der Waals surface area contributed by atoms with E-state index in [0.29, 0.717) is 23.1 Å². The number of hydrogen-bond acceptors (Lipinski definition) is 8. The minimum Gasteiger partial charge on any atom is -0.456 e. The van der Waals surface area contributed by atoms with Gasteiger partial charge in [-0.3, -0.25) is 9.59 Å². The number of Topliss-reactive ketones (excluding diaryl/α,β-unsaturated/α-hetero) is 1. The van der Waals surface area contributed by atoms with Crippen LogP contribution in [0.15, 0.2) is 141 Å². The molecular formula is C61H79FO8. The van der Waals surface area contributed by atoms with Crippen molar-refractivity contribution in [3.8, 4) is 0 Å². The number of carbonyl (C=O) groups excluding carboxylic acids is 4. The fourth-order valence-corrected chi connectivity index (χ4v) is 13.0. The van der Waals surface area contributed by atoms with Gasteiger partial charge >= 0.3 is 11.9 Å². The minimum absolute atomic E-state index is 0.0795. The van der Waals surface area contributed by atoms with Gasteiger partial charge in [-0.25, -0.2) is 14.0 Å². The number of aliphatic hydroxyl groups is 2. The number of carbonyl (C=O) groups is 4. The second-order valence-electron chi connectivity index (χ2n) is 23.1. The first kappa shape index (κ1) is 54.3. The van der Waals surface area contributed by atoms with Crippen LogP contribution in [0.25, 0.3) is 0 Å². The van der Waals surface area contributed by atoms with Gasteiger partial charge in [-0.2, -0.15) is 0 Å². The van der Waals surface area contributed by atoms with Gasteiger partial charge in [-0.05, 0) is 164 Å². The second kappa shape index (κ2) is 21.0. The predicted octanol–water partition coefficient (Wildman–Crippen LogP) is 12.8. The van der Waals surface area contributed by atoms with Crippen LogP contribution >= 0.6 is 0 Å². The first-order valence-corrected chi connectivity index (χ1v) is 25.5. The number of halogens is 1. The highest BCUT2D eigenvalue weighted by atomic mass is 19.1. The van der Waals surface area contributed by atoms with Crippen LogP contribution in [0.3, 0.4) is 0 Å². The van der Waals surface area contributed by atoms with E-state index in [-0.39, 0.29) is 35.9 Å². The molecule has 70 heavy (non-hydrogen) atoms. The van der Waals surface area contributed by atoms with E-state index in [1.165, 1.54) is 65.5 Å². The van der Waals surface area contributed by atoms with Gasteiger partial charge < -0.3 is 19.7 Å². The number of rotatable bonds is 14. The zero-order valence-corrected chi connectivity index (χ0v) is 44.0. The summed E-state index contributed by atoms with van der Waals surface area (Å²) >= 11 is 0. The maximum Gasteiger partial charge on any atom is 0.331 e. The lowest BCUT2D eigenvalue weighted by atomic mass is 9.44. The van der Waals surface area contributed by atoms with Crippen molar-refractivity contribution in [2.24, 2.45) is 33.5 Å². The summed E-state index contributed by atoms with van der Waals surface area (Å²) in [6, 6.07) is 0. The molecule has 8 nitrogen and oxygen atoms in total. The number of fused-ring (bicyclic) bond motifs is 5. The van der Waals surface area contributed by atoms with Gasteiger partial charge in [-0.1, -0.05) is 129 Å². The Morgan fingerprint density at radius 3 is 1.81 bits per heavy atom. The van der Waals surface area contributed by atoms with E-state index in [1.807, 2.05) is 38.2 Å². The molecule has 0 amide bonds. The molecule has 6 aliphatic carbocycles. The number of esters is 2. The number of alkyl halides is 1. The largest absolute Gasteiger partial charge is 0.456 e. The Balaban J connectivity index is 1.20. The standard InChI is InChI=1S/C61H79FO8/c1-39(23-26-47-43(5)21-15-30-56(47,7)8)17-13-19-41(3)33-54(66)69-38-52(65)61(68)53(70-55(67)34-42(4)20-14-18-40(2)24-27-48-44(6)22-16-31-57(48,9)10)36-50-49-28-25-45-35-46(63)29-32-58(45,11)60(49,62)51(64)37-59(50,61)12/h13-14,17-20,23-24,26-27,29,32-35,49-51,53,64,68H,15-16,21-22,25,28,30-31,36-38H2,1-12H3/t49-,50-,51-,53+,58-,59-,60-,61+/m0/s1. The number of aliphatic hydroxyl groups excluding tert-OH is 1. The van der Waals surface area contributed by atoms with Gasteiger partial charge in [0.1, 0.15) is 6.10 Å². The van der Waals surface area contributed by atoms with Crippen molar-refractivity contribution in [3.05, 3.63) is 141 Å². The van der Waals surface area contributed by atoms with Gasteiger partial charge in [0.05, 0.1) is 6.10 Å². The summed E-state index contributed by atoms with van der Waals surface area (Å²) < 4.78 is 29.6. The molecule has 6 aliphatic rings. The Morgan fingerprint density at radius 1 is 0.757 bits per heavy atom. The Morgan fingerprint density at radius 2 is 1.29 bits per heavy atom. The Labute approximate surface area is 417 Å². The highest BCUT2D eigenvalue weighted by molar-refractivity contribution is 6.01. The smallest absolute Gasteiger partial charge is 0.331 e. The lowest BCUT2D eigenvalue weighted by molar-refractivity contribution is -0.224. The average molecular weight is 959 g/mol. The van der Waals surface area contributed by atoms with E-state index >= 15 is 4.39 Å². The maximum atomic E-state index is 18.1. The lowest BCUT2D eigenvalue weighted by Crippen LogP contribution is -2.70. The number of allylic oxidation sites excluding steroid dienone is 22. The molecule has 0 aliphatic heterocycles. The summed E-state index contributed by atoms with van der Waals surface area (Å²) in [5, 5.41) is 24.9. The summed E-state index contributed by atoms with van der Waals surface area (Å²) in [6.07, 6.45) is 30.5. The van der Waals surface area contributed by atoms with E-state index < -0.39 is 70.5 Å². The molecule has 9 heteroatoms. The van der Waals surface area contributed by atoms with Crippen molar-refractivity contribution in [1.82, 2.24) is 0 Å². The van der Waals surface area contributed by atoms with E-state index in [2.05, 4.69) is 65.8 Å². The molecule has 0 radical (unpaired) electrons. The van der Waals surface area contributed by atoms with Crippen molar-refractivity contribution in [2.45, 2.75) is 171 Å². The molecule has 0 heterocycles. The average Bonchev–Trinajstić information content (AvgIpc) is 3.47. The zero-order chi connectivity index (χ0) is 51.6. The molecule has 0 spiro atoms. The topological polar surface area (TPSA) is 127 Å². The van der Waals surface area contributed by atoms with Gasteiger partial charge in [0.15, 0.2) is 23.7 Å². The SMILES string of the molecule is CC(C=CC1=C(C)CCCC1(C)C)=CC=CC(C)=CC(=O)OCC(=O)[C@@]1(O)[C@H](OC(=O)C=C(C)C=CC=C(C)C=CC2=C(C)CCCC2(C)C)C[C@H]2[C@@H]3CCC4=CC(=O)C=C[C@]4(C)[C@@]3(F)[C@@H](O)C[C@@]21C.